The Bertz CT molecular complexity index is 1090. The van der Waals surface area contributed by atoms with E-state index in [1.165, 1.54) is 11.8 Å². The van der Waals surface area contributed by atoms with Gasteiger partial charge in [-0.1, -0.05) is 35.5 Å². The van der Waals surface area contributed by atoms with E-state index >= 15 is 0 Å². The number of hydrogen-bond acceptors (Lipinski definition) is 6. The number of fused-ring (bicyclic) bond motifs is 1. The van der Waals surface area contributed by atoms with Crippen LogP contribution in [0.25, 0.3) is 0 Å². The third-order valence-electron chi connectivity index (χ3n) is 5.08. The van der Waals surface area contributed by atoms with Crippen molar-refractivity contribution in [3.63, 3.8) is 0 Å². The molecule has 2 aliphatic rings. The number of thioether (sulfide) groups is 1. The zero-order valence-electron chi connectivity index (χ0n) is 16.7. The smallest absolute Gasteiger partial charge is 0.285 e. The number of sulfone groups is 1. The highest BCUT2D eigenvalue weighted by Crippen LogP contribution is 2.39. The van der Waals surface area contributed by atoms with Gasteiger partial charge >= 0.3 is 0 Å². The molecule has 0 saturated carbocycles. The summed E-state index contributed by atoms with van der Waals surface area (Å²) in [6.07, 6.45) is 0. The maximum atomic E-state index is 12.5. The van der Waals surface area contributed by atoms with Crippen LogP contribution in [-0.2, 0) is 21.2 Å². The third-order valence-corrected chi connectivity index (χ3v) is 8.58. The summed E-state index contributed by atoms with van der Waals surface area (Å²) in [5.41, 5.74) is 0.976. The topological polar surface area (TPSA) is 85.3 Å². The molecule has 31 heavy (non-hydrogen) atoms. The summed E-state index contributed by atoms with van der Waals surface area (Å²) in [6.45, 7) is 0.244. The van der Waals surface area contributed by atoms with E-state index in [9.17, 15) is 13.2 Å². The van der Waals surface area contributed by atoms with Crippen LogP contribution in [0.5, 0.6) is 11.5 Å². The van der Waals surface area contributed by atoms with Crippen LogP contribution in [0.1, 0.15) is 5.56 Å². The minimum Gasteiger partial charge on any atom is -0.497 e. The van der Waals surface area contributed by atoms with Crippen molar-refractivity contribution in [1.82, 2.24) is 4.90 Å². The molecule has 0 aromatic heterocycles. The maximum Gasteiger partial charge on any atom is 0.285 e. The number of halogens is 1. The SMILES string of the molecule is COc1ccc(CN2C(=NC(=O)COc3ccc(Cl)cc3)S[C@H]3CS(=O)(=O)C[C@H]32)cc1. The molecule has 2 saturated heterocycles. The van der Waals surface area contributed by atoms with Crippen molar-refractivity contribution >= 4 is 44.3 Å². The van der Waals surface area contributed by atoms with Crippen LogP contribution in [0.2, 0.25) is 5.02 Å². The zero-order valence-corrected chi connectivity index (χ0v) is 19.1. The Hall–Kier alpha value is -2.23. The molecular formula is C21H21ClN2O5S2. The second-order valence-electron chi connectivity index (χ2n) is 7.31. The van der Waals surface area contributed by atoms with Crippen LogP contribution in [0, 0.1) is 0 Å². The van der Waals surface area contributed by atoms with E-state index in [0.717, 1.165) is 11.3 Å². The highest BCUT2D eigenvalue weighted by atomic mass is 35.5. The summed E-state index contributed by atoms with van der Waals surface area (Å²) in [6, 6.07) is 14.0. The molecule has 4 rings (SSSR count). The summed E-state index contributed by atoms with van der Waals surface area (Å²) >= 11 is 7.20. The lowest BCUT2D eigenvalue weighted by molar-refractivity contribution is -0.119. The van der Waals surface area contributed by atoms with Gasteiger partial charge in [0.1, 0.15) is 11.5 Å². The Balaban J connectivity index is 1.49. The van der Waals surface area contributed by atoms with Gasteiger partial charge in [-0.2, -0.15) is 4.99 Å². The maximum absolute atomic E-state index is 12.5. The second-order valence-corrected chi connectivity index (χ2v) is 11.1. The number of hydrogen-bond donors (Lipinski definition) is 0. The van der Waals surface area contributed by atoms with Gasteiger partial charge in [0.05, 0.1) is 24.7 Å². The van der Waals surface area contributed by atoms with E-state index in [-0.39, 0.29) is 29.4 Å². The molecular weight excluding hydrogens is 460 g/mol. The molecule has 0 N–H and O–H groups in total. The highest BCUT2D eigenvalue weighted by molar-refractivity contribution is 8.15. The van der Waals surface area contributed by atoms with E-state index in [1.54, 1.807) is 31.4 Å². The molecule has 1 amide bonds. The highest BCUT2D eigenvalue weighted by Gasteiger charge is 2.48. The fourth-order valence-electron chi connectivity index (χ4n) is 3.56. The van der Waals surface area contributed by atoms with E-state index in [2.05, 4.69) is 4.99 Å². The van der Waals surface area contributed by atoms with Crippen molar-refractivity contribution in [1.29, 1.82) is 0 Å². The standard InChI is InChI=1S/C21H21ClN2O5S2/c1-28-16-6-2-14(3-7-16)10-24-18-12-31(26,27)13-19(18)30-21(24)23-20(25)11-29-17-8-4-15(22)5-9-17/h2-9,18-19H,10-13H2,1H3/t18-,19+/m1/s1. The van der Waals surface area contributed by atoms with Crippen LogP contribution in [0.3, 0.4) is 0 Å². The predicted octanol–water partition coefficient (Wildman–Crippen LogP) is 3.02. The van der Waals surface area contributed by atoms with Gasteiger partial charge < -0.3 is 14.4 Å². The van der Waals surface area contributed by atoms with Crippen molar-refractivity contribution in [3.8, 4) is 11.5 Å². The largest absolute Gasteiger partial charge is 0.497 e. The Morgan fingerprint density at radius 3 is 2.48 bits per heavy atom. The molecule has 2 aromatic rings. The van der Waals surface area contributed by atoms with Crippen molar-refractivity contribution in [3.05, 3.63) is 59.1 Å². The number of benzene rings is 2. The second kappa shape index (κ2) is 9.10. The Labute approximate surface area is 190 Å². The Morgan fingerprint density at radius 2 is 1.81 bits per heavy atom. The molecule has 2 heterocycles. The first-order chi connectivity index (χ1) is 14.8. The monoisotopic (exact) mass is 480 g/mol. The molecule has 0 bridgehead atoms. The number of nitrogens with zero attached hydrogens (tertiary/aromatic N) is 2. The van der Waals surface area contributed by atoms with Crippen LogP contribution in [-0.4, -0.2) is 60.9 Å². The fourth-order valence-corrected chi connectivity index (χ4v) is 7.66. The van der Waals surface area contributed by atoms with Gasteiger partial charge in [0.25, 0.3) is 5.91 Å². The van der Waals surface area contributed by atoms with Crippen molar-refractivity contribution in [2.45, 2.75) is 17.8 Å². The van der Waals surface area contributed by atoms with Crippen LogP contribution in [0.15, 0.2) is 53.5 Å². The first-order valence-corrected chi connectivity index (χ1v) is 12.7. The third kappa shape index (κ3) is 5.34. The molecule has 0 radical (unpaired) electrons. The van der Waals surface area contributed by atoms with Crippen LogP contribution in [0.4, 0.5) is 0 Å². The minimum atomic E-state index is -3.10. The quantitative estimate of drug-likeness (QED) is 0.628. The molecule has 164 valence electrons. The molecule has 2 atom stereocenters. The van der Waals surface area contributed by atoms with Crippen molar-refractivity contribution in [2.24, 2.45) is 4.99 Å². The van der Waals surface area contributed by atoms with Gasteiger partial charge in [-0.3, -0.25) is 4.79 Å². The normalized spacial score (nSPS) is 23.0. The number of carbonyl (C=O) groups is 1. The molecule has 2 fully saturated rings. The molecule has 7 nitrogen and oxygen atoms in total. The number of carbonyl (C=O) groups excluding carboxylic acids is 1. The molecule has 2 aliphatic heterocycles. The number of ether oxygens (including phenoxy) is 2. The predicted molar refractivity (Wildman–Crippen MR) is 122 cm³/mol. The summed E-state index contributed by atoms with van der Waals surface area (Å²) < 4.78 is 35.0. The van der Waals surface area contributed by atoms with E-state index in [0.29, 0.717) is 22.5 Å². The fraction of sp³-hybridized carbons (Fsp3) is 0.333. The minimum absolute atomic E-state index is 0.0648. The first-order valence-electron chi connectivity index (χ1n) is 9.59. The van der Waals surface area contributed by atoms with Crippen LogP contribution >= 0.6 is 23.4 Å². The van der Waals surface area contributed by atoms with Gasteiger partial charge in [0, 0.05) is 16.8 Å². The van der Waals surface area contributed by atoms with E-state index in [1.807, 2.05) is 29.2 Å². The molecule has 0 aliphatic carbocycles. The molecule has 0 unspecified atom stereocenters. The number of amidine groups is 1. The average Bonchev–Trinajstić information content (AvgIpc) is 3.20. The zero-order chi connectivity index (χ0) is 22.0. The lowest BCUT2D eigenvalue weighted by Gasteiger charge is -2.24. The number of methoxy groups -OCH3 is 1. The van der Waals surface area contributed by atoms with Crippen LogP contribution < -0.4 is 9.47 Å². The lowest BCUT2D eigenvalue weighted by atomic mass is 10.1. The van der Waals surface area contributed by atoms with Crippen molar-refractivity contribution in [2.75, 3.05) is 25.2 Å². The van der Waals surface area contributed by atoms with Gasteiger partial charge in [-0.25, -0.2) is 8.42 Å². The lowest BCUT2D eigenvalue weighted by Crippen LogP contribution is -2.37. The summed E-state index contributed by atoms with van der Waals surface area (Å²) in [5.74, 6) is 0.991. The first kappa shape index (κ1) is 22.0. The van der Waals surface area contributed by atoms with E-state index < -0.39 is 15.7 Å². The summed E-state index contributed by atoms with van der Waals surface area (Å²) in [7, 11) is -1.50. The number of aliphatic imine (C=N–C) groups is 1. The van der Waals surface area contributed by atoms with Crippen molar-refractivity contribution < 1.29 is 22.7 Å². The number of amides is 1. The van der Waals surface area contributed by atoms with Gasteiger partial charge in [-0.15, -0.1) is 0 Å². The van der Waals surface area contributed by atoms with Gasteiger partial charge in [0.2, 0.25) is 0 Å². The van der Waals surface area contributed by atoms with E-state index in [4.69, 9.17) is 21.1 Å². The average molecular weight is 481 g/mol. The Morgan fingerprint density at radius 1 is 1.13 bits per heavy atom. The summed E-state index contributed by atoms with van der Waals surface area (Å²) in [5, 5.41) is 0.981. The number of rotatable bonds is 6. The van der Waals surface area contributed by atoms with Gasteiger partial charge in [0.15, 0.2) is 21.6 Å². The summed E-state index contributed by atoms with van der Waals surface area (Å²) in [4.78, 5) is 18.6. The molecule has 0 spiro atoms. The molecule has 10 heteroatoms. The van der Waals surface area contributed by atoms with Gasteiger partial charge in [-0.05, 0) is 42.0 Å². The Kier molecular flexibility index (Phi) is 6.45. The molecule has 2 aromatic carbocycles.